The highest BCUT2D eigenvalue weighted by Crippen LogP contribution is 2.07. The molecule has 0 aliphatic carbocycles. The molecule has 0 N–H and O–H groups in total. The average Bonchev–Trinajstić information content (AvgIpc) is 2.08. The van der Waals surface area contributed by atoms with Gasteiger partial charge in [0.2, 0.25) is 0 Å². The lowest BCUT2D eigenvalue weighted by Gasteiger charge is -1.97. The van der Waals surface area contributed by atoms with E-state index in [-0.39, 0.29) is 0 Å². The Labute approximate surface area is 90.5 Å². The third kappa shape index (κ3) is 41.6. The standard InChI is InChI=1S/C10H22.BF4/c1-3-5-7-9-10-8-6-4-2;2-1(3,4)5/h3-10H2,1-2H3;/q;-1. The zero-order chi connectivity index (χ0) is 12.2. The third-order valence-corrected chi connectivity index (χ3v) is 1.96. The first-order valence-electron chi connectivity index (χ1n) is 5.79. The van der Waals surface area contributed by atoms with Crippen LogP contribution < -0.4 is 0 Å². The molecule has 0 radical (unpaired) electrons. The molecule has 5 heteroatoms. The Morgan fingerprint density at radius 3 is 1.00 bits per heavy atom. The Hall–Kier alpha value is -0.215. The van der Waals surface area contributed by atoms with Crippen molar-refractivity contribution in [2.24, 2.45) is 0 Å². The van der Waals surface area contributed by atoms with Gasteiger partial charge >= 0.3 is 7.25 Å². The van der Waals surface area contributed by atoms with E-state index in [0.29, 0.717) is 0 Å². The number of hydrogen-bond acceptors (Lipinski definition) is 0. The van der Waals surface area contributed by atoms with E-state index in [0.717, 1.165) is 0 Å². The molecule has 0 aromatic rings. The Bertz CT molecular complexity index is 100. The van der Waals surface area contributed by atoms with Crippen molar-refractivity contribution in [1.29, 1.82) is 0 Å². The fourth-order valence-corrected chi connectivity index (χ4v) is 1.21. The molecule has 0 nitrogen and oxygen atoms in total. The smallest absolute Gasteiger partial charge is 0.418 e. The Kier molecular flexibility index (Phi) is 13.6. The molecule has 0 spiro atoms. The summed E-state index contributed by atoms with van der Waals surface area (Å²) in [4.78, 5) is 0. The summed E-state index contributed by atoms with van der Waals surface area (Å²) in [6.45, 7) is 4.54. The van der Waals surface area contributed by atoms with Crippen molar-refractivity contribution in [3.05, 3.63) is 0 Å². The summed E-state index contributed by atoms with van der Waals surface area (Å²) in [5.74, 6) is 0. The molecule has 0 rings (SSSR count). The SMILES string of the molecule is CCCCCCCCCC.F[B-](F)(F)F. The van der Waals surface area contributed by atoms with Crippen LogP contribution in [0.5, 0.6) is 0 Å². The molecule has 0 fully saturated rings. The molecule has 0 aliphatic rings. The molecule has 0 aliphatic heterocycles. The summed E-state index contributed by atoms with van der Waals surface area (Å²) in [6.07, 6.45) is 11.5. The lowest BCUT2D eigenvalue weighted by Crippen LogP contribution is -2.02. The quantitative estimate of drug-likeness (QED) is 0.309. The van der Waals surface area contributed by atoms with Crippen molar-refractivity contribution < 1.29 is 17.3 Å². The van der Waals surface area contributed by atoms with Gasteiger partial charge in [-0.25, -0.2) is 0 Å². The van der Waals surface area contributed by atoms with Crippen LogP contribution in [0.4, 0.5) is 17.3 Å². The fraction of sp³-hybridized carbons (Fsp3) is 1.00. The molecular weight excluding hydrogens is 207 g/mol. The van der Waals surface area contributed by atoms with Crippen LogP contribution in [0.1, 0.15) is 65.2 Å². The van der Waals surface area contributed by atoms with Crippen molar-refractivity contribution in [3.63, 3.8) is 0 Å². The fourth-order valence-electron chi connectivity index (χ4n) is 1.21. The Balaban J connectivity index is 0. The van der Waals surface area contributed by atoms with Crippen LogP contribution in [0.3, 0.4) is 0 Å². The van der Waals surface area contributed by atoms with E-state index in [2.05, 4.69) is 13.8 Å². The van der Waals surface area contributed by atoms with Gasteiger partial charge in [0.15, 0.2) is 0 Å². The summed E-state index contributed by atoms with van der Waals surface area (Å²) in [5, 5.41) is 0. The van der Waals surface area contributed by atoms with Crippen molar-refractivity contribution in [2.45, 2.75) is 65.2 Å². The first-order valence-corrected chi connectivity index (χ1v) is 5.79. The maximum atomic E-state index is 9.75. The molecule has 0 heterocycles. The van der Waals surface area contributed by atoms with Crippen molar-refractivity contribution in [3.8, 4) is 0 Å². The van der Waals surface area contributed by atoms with E-state index >= 15 is 0 Å². The Morgan fingerprint density at radius 2 is 0.800 bits per heavy atom. The maximum Gasteiger partial charge on any atom is 0.673 e. The van der Waals surface area contributed by atoms with Crippen LogP contribution in [0.2, 0.25) is 0 Å². The third-order valence-electron chi connectivity index (χ3n) is 1.96. The maximum absolute atomic E-state index is 9.75. The molecule has 0 amide bonds. The number of halogens is 4. The second kappa shape index (κ2) is 11.9. The highest BCUT2D eigenvalue weighted by atomic mass is 19.5. The van der Waals surface area contributed by atoms with Gasteiger partial charge in [-0.15, -0.1) is 0 Å². The van der Waals surface area contributed by atoms with Gasteiger partial charge in [0, 0.05) is 0 Å². The zero-order valence-corrected chi connectivity index (χ0v) is 9.75. The van der Waals surface area contributed by atoms with Gasteiger partial charge in [-0.2, -0.15) is 0 Å². The topological polar surface area (TPSA) is 0 Å². The second-order valence-corrected chi connectivity index (χ2v) is 3.62. The minimum Gasteiger partial charge on any atom is -0.418 e. The van der Waals surface area contributed by atoms with Crippen molar-refractivity contribution >= 4 is 7.25 Å². The Morgan fingerprint density at radius 1 is 0.600 bits per heavy atom. The van der Waals surface area contributed by atoms with E-state index in [1.54, 1.807) is 0 Å². The number of hydrogen-bond donors (Lipinski definition) is 0. The van der Waals surface area contributed by atoms with Gasteiger partial charge in [0.25, 0.3) is 0 Å². The van der Waals surface area contributed by atoms with Crippen LogP contribution in [-0.2, 0) is 0 Å². The molecule has 15 heavy (non-hydrogen) atoms. The van der Waals surface area contributed by atoms with Gasteiger partial charge in [-0.1, -0.05) is 65.2 Å². The van der Waals surface area contributed by atoms with E-state index in [9.17, 15) is 17.3 Å². The predicted molar refractivity (Wildman–Crippen MR) is 58.5 cm³/mol. The first-order chi connectivity index (χ1) is 6.91. The van der Waals surface area contributed by atoms with Crippen LogP contribution in [0, 0.1) is 0 Å². The molecule has 94 valence electrons. The summed E-state index contributed by atoms with van der Waals surface area (Å²) < 4.78 is 39.0. The predicted octanol–water partition coefficient (Wildman–Crippen LogP) is 5.45. The van der Waals surface area contributed by atoms with Gasteiger partial charge in [0.1, 0.15) is 0 Å². The molecule has 0 aromatic heterocycles. The summed E-state index contributed by atoms with van der Waals surface area (Å²) >= 11 is 0. The van der Waals surface area contributed by atoms with Gasteiger partial charge in [0.05, 0.1) is 0 Å². The first kappa shape index (κ1) is 17.2. The summed E-state index contributed by atoms with van der Waals surface area (Å²) in [5.41, 5.74) is 0. The molecule has 0 bridgehead atoms. The van der Waals surface area contributed by atoms with Gasteiger partial charge < -0.3 is 17.3 Å². The lowest BCUT2D eigenvalue weighted by atomic mass is 10.1. The largest absolute Gasteiger partial charge is 0.673 e. The zero-order valence-electron chi connectivity index (χ0n) is 9.75. The molecule has 0 aromatic carbocycles. The van der Waals surface area contributed by atoms with Crippen LogP contribution in [-0.4, -0.2) is 7.25 Å². The normalized spacial score (nSPS) is 10.8. The number of unbranched alkanes of at least 4 members (excludes halogenated alkanes) is 7. The van der Waals surface area contributed by atoms with Crippen molar-refractivity contribution in [1.82, 2.24) is 0 Å². The van der Waals surface area contributed by atoms with Crippen LogP contribution >= 0.6 is 0 Å². The van der Waals surface area contributed by atoms with Crippen LogP contribution in [0.15, 0.2) is 0 Å². The molecular formula is C10H22BF4-. The average molecular weight is 229 g/mol. The molecule has 0 unspecified atom stereocenters. The summed E-state index contributed by atoms with van der Waals surface area (Å²) in [7, 11) is -6.00. The monoisotopic (exact) mass is 229 g/mol. The molecule has 0 saturated heterocycles. The lowest BCUT2D eigenvalue weighted by molar-refractivity contribution is 0.368. The second-order valence-electron chi connectivity index (χ2n) is 3.62. The van der Waals surface area contributed by atoms with Gasteiger partial charge in [-0.3, -0.25) is 0 Å². The minimum atomic E-state index is -6.00. The number of rotatable bonds is 7. The van der Waals surface area contributed by atoms with E-state index in [1.807, 2.05) is 0 Å². The van der Waals surface area contributed by atoms with Gasteiger partial charge in [-0.05, 0) is 0 Å². The molecule has 0 atom stereocenters. The van der Waals surface area contributed by atoms with E-state index in [1.165, 1.54) is 51.4 Å². The van der Waals surface area contributed by atoms with E-state index < -0.39 is 7.25 Å². The van der Waals surface area contributed by atoms with E-state index in [4.69, 9.17) is 0 Å². The minimum absolute atomic E-state index is 1.37. The summed E-state index contributed by atoms with van der Waals surface area (Å²) in [6, 6.07) is 0. The van der Waals surface area contributed by atoms with Crippen molar-refractivity contribution in [2.75, 3.05) is 0 Å². The van der Waals surface area contributed by atoms with Crippen LogP contribution in [0.25, 0.3) is 0 Å². The molecule has 0 saturated carbocycles. The highest BCUT2D eigenvalue weighted by molar-refractivity contribution is 6.50. The highest BCUT2D eigenvalue weighted by Gasteiger charge is 2.20.